The van der Waals surface area contributed by atoms with Crippen LogP contribution in [0.25, 0.3) is 4.96 Å². The molecule has 1 aliphatic heterocycles. The number of anilines is 1. The Kier molecular flexibility index (Phi) is 5.08. The monoisotopic (exact) mass is 401 g/mol. The van der Waals surface area contributed by atoms with Crippen LogP contribution in [0.1, 0.15) is 35.7 Å². The molecule has 1 unspecified atom stereocenters. The molecule has 0 aliphatic carbocycles. The number of benzene rings is 1. The number of nitrogens with zero attached hydrogens (tertiary/aromatic N) is 4. The van der Waals surface area contributed by atoms with Crippen LogP contribution in [0.3, 0.4) is 0 Å². The van der Waals surface area contributed by atoms with Crippen molar-refractivity contribution in [1.82, 2.24) is 19.9 Å². The summed E-state index contributed by atoms with van der Waals surface area (Å²) in [5, 5.41) is 7.70. The smallest absolute Gasteiger partial charge is 0.288 e. The number of hydrogen-bond acceptors (Lipinski definition) is 6. The Labute approximate surface area is 164 Å². The zero-order valence-corrected chi connectivity index (χ0v) is 16.2. The fourth-order valence-electron chi connectivity index (χ4n) is 3.34. The fourth-order valence-corrected chi connectivity index (χ4v) is 4.23. The van der Waals surface area contributed by atoms with E-state index in [1.165, 1.54) is 34.5 Å². The summed E-state index contributed by atoms with van der Waals surface area (Å²) in [6.07, 6.45) is 3.53. The van der Waals surface area contributed by atoms with E-state index in [9.17, 15) is 14.0 Å². The minimum absolute atomic E-state index is 0.0123. The van der Waals surface area contributed by atoms with Gasteiger partial charge in [-0.3, -0.25) is 9.59 Å². The van der Waals surface area contributed by atoms with Crippen LogP contribution in [0.4, 0.5) is 9.52 Å². The van der Waals surface area contributed by atoms with E-state index in [0.29, 0.717) is 16.4 Å². The average molecular weight is 401 g/mol. The second-order valence-electron chi connectivity index (χ2n) is 7.02. The number of halogens is 1. The van der Waals surface area contributed by atoms with E-state index in [1.807, 2.05) is 0 Å². The van der Waals surface area contributed by atoms with Crippen LogP contribution in [0.2, 0.25) is 0 Å². The van der Waals surface area contributed by atoms with Gasteiger partial charge in [-0.25, -0.2) is 9.37 Å². The van der Waals surface area contributed by atoms with Crippen molar-refractivity contribution < 1.29 is 9.18 Å². The predicted molar refractivity (Wildman–Crippen MR) is 105 cm³/mol. The van der Waals surface area contributed by atoms with Crippen LogP contribution in [0.5, 0.6) is 0 Å². The molecule has 1 amide bonds. The number of carbonyl (C=O) groups is 1. The van der Waals surface area contributed by atoms with Gasteiger partial charge in [-0.2, -0.15) is 4.52 Å². The van der Waals surface area contributed by atoms with Crippen molar-refractivity contribution in [3.63, 3.8) is 0 Å². The highest BCUT2D eigenvalue weighted by atomic mass is 32.1. The third-order valence-corrected chi connectivity index (χ3v) is 5.83. The number of nitrogens with one attached hydrogen (secondary N) is 1. The first kappa shape index (κ1) is 18.5. The Morgan fingerprint density at radius 1 is 1.39 bits per heavy atom. The summed E-state index contributed by atoms with van der Waals surface area (Å²) in [6, 6.07) is 6.16. The third-order valence-electron chi connectivity index (χ3n) is 4.85. The first-order chi connectivity index (χ1) is 13.5. The van der Waals surface area contributed by atoms with E-state index in [1.54, 1.807) is 18.2 Å². The van der Waals surface area contributed by atoms with Gasteiger partial charge in [0.15, 0.2) is 0 Å². The summed E-state index contributed by atoms with van der Waals surface area (Å²) >= 11 is 1.34. The summed E-state index contributed by atoms with van der Waals surface area (Å²) in [4.78, 5) is 32.0. The van der Waals surface area contributed by atoms with Crippen LogP contribution in [-0.2, 0) is 6.54 Å². The molecule has 146 valence electrons. The lowest BCUT2D eigenvalue weighted by Crippen LogP contribution is -2.34. The molecule has 9 heteroatoms. The quantitative estimate of drug-likeness (QED) is 0.727. The van der Waals surface area contributed by atoms with Crippen LogP contribution < -0.4 is 15.8 Å². The van der Waals surface area contributed by atoms with Gasteiger partial charge in [0.25, 0.3) is 11.5 Å². The maximum absolute atomic E-state index is 13.7. The highest BCUT2D eigenvalue weighted by Crippen LogP contribution is 2.26. The van der Waals surface area contributed by atoms with Gasteiger partial charge < -0.3 is 10.2 Å². The molecule has 3 heterocycles. The summed E-state index contributed by atoms with van der Waals surface area (Å²) in [6.45, 7) is 3.98. The largest absolute Gasteiger partial charge is 0.348 e. The average Bonchev–Trinajstić information content (AvgIpc) is 3.13. The molecule has 1 atom stereocenters. The van der Waals surface area contributed by atoms with Gasteiger partial charge in [-0.15, -0.1) is 5.10 Å². The molecule has 0 bridgehead atoms. The van der Waals surface area contributed by atoms with E-state index < -0.39 is 17.3 Å². The van der Waals surface area contributed by atoms with E-state index >= 15 is 0 Å². The second kappa shape index (κ2) is 7.67. The molecule has 1 fully saturated rings. The SMILES string of the molecule is CC1CCCN(c2nn3c(=O)c(C(=O)NCc4ccccc4F)cnc3s2)C1. The molecule has 2 aromatic heterocycles. The molecule has 0 saturated carbocycles. The molecule has 7 nitrogen and oxygen atoms in total. The Morgan fingerprint density at radius 3 is 3.00 bits per heavy atom. The van der Waals surface area contributed by atoms with Crippen LogP contribution in [0, 0.1) is 11.7 Å². The zero-order valence-electron chi connectivity index (χ0n) is 15.4. The van der Waals surface area contributed by atoms with Crippen molar-refractivity contribution >= 4 is 27.3 Å². The van der Waals surface area contributed by atoms with E-state index in [0.717, 1.165) is 24.6 Å². The van der Waals surface area contributed by atoms with Gasteiger partial charge in [0.05, 0.1) is 0 Å². The highest BCUT2D eigenvalue weighted by molar-refractivity contribution is 7.20. The molecule has 4 rings (SSSR count). The number of carbonyl (C=O) groups excluding carboxylic acids is 1. The standard InChI is InChI=1S/C19H20FN5O2S/c1-12-5-4-8-24(11-12)19-23-25-17(27)14(10-22-18(25)28-19)16(26)21-9-13-6-2-3-7-15(13)20/h2-3,6-7,10,12H,4-5,8-9,11H2,1H3,(H,21,26). The Balaban J connectivity index is 1.56. The highest BCUT2D eigenvalue weighted by Gasteiger charge is 2.22. The Bertz CT molecular complexity index is 1080. The topological polar surface area (TPSA) is 79.6 Å². The lowest BCUT2D eigenvalue weighted by atomic mass is 10.0. The van der Waals surface area contributed by atoms with Gasteiger partial charge in [-0.05, 0) is 24.8 Å². The van der Waals surface area contributed by atoms with Gasteiger partial charge in [-0.1, -0.05) is 36.5 Å². The number of piperidine rings is 1. The van der Waals surface area contributed by atoms with Crippen molar-refractivity contribution in [2.24, 2.45) is 5.92 Å². The first-order valence-corrected chi connectivity index (χ1v) is 10.00. The molecule has 1 N–H and O–H groups in total. The third kappa shape index (κ3) is 3.62. The normalized spacial score (nSPS) is 17.1. The Morgan fingerprint density at radius 2 is 2.21 bits per heavy atom. The van der Waals surface area contributed by atoms with Crippen molar-refractivity contribution in [2.75, 3.05) is 18.0 Å². The molecule has 0 spiro atoms. The number of amides is 1. The molecule has 28 heavy (non-hydrogen) atoms. The van der Waals surface area contributed by atoms with Crippen molar-refractivity contribution in [3.8, 4) is 0 Å². The van der Waals surface area contributed by atoms with Crippen molar-refractivity contribution in [3.05, 3.63) is 57.8 Å². The molecular formula is C19H20FN5O2S. The lowest BCUT2D eigenvalue weighted by Gasteiger charge is -2.30. The second-order valence-corrected chi connectivity index (χ2v) is 7.96. The van der Waals surface area contributed by atoms with Crippen LogP contribution in [-0.4, -0.2) is 33.6 Å². The fraction of sp³-hybridized carbons (Fsp3) is 0.368. The lowest BCUT2D eigenvalue weighted by molar-refractivity contribution is 0.0948. The molecule has 0 radical (unpaired) electrons. The first-order valence-electron chi connectivity index (χ1n) is 9.18. The van der Waals surface area contributed by atoms with Gasteiger partial charge in [0, 0.05) is 31.4 Å². The molecule has 3 aromatic rings. The predicted octanol–water partition coefficient (Wildman–Crippen LogP) is 2.46. The van der Waals surface area contributed by atoms with Crippen LogP contribution >= 0.6 is 11.3 Å². The number of fused-ring (bicyclic) bond motifs is 1. The molecule has 1 saturated heterocycles. The minimum atomic E-state index is -0.601. The van der Waals surface area contributed by atoms with Gasteiger partial charge in [0.1, 0.15) is 11.4 Å². The summed E-state index contributed by atoms with van der Waals surface area (Å²) in [5.41, 5.74) is -0.290. The van der Waals surface area contributed by atoms with Gasteiger partial charge >= 0.3 is 0 Å². The molecule has 1 aliphatic rings. The summed E-state index contributed by atoms with van der Waals surface area (Å²) < 4.78 is 14.9. The molecule has 1 aromatic carbocycles. The van der Waals surface area contributed by atoms with E-state index in [-0.39, 0.29) is 12.1 Å². The summed E-state index contributed by atoms with van der Waals surface area (Å²) in [5.74, 6) is -0.436. The van der Waals surface area contributed by atoms with E-state index in [2.05, 4.69) is 27.2 Å². The minimum Gasteiger partial charge on any atom is -0.348 e. The maximum Gasteiger partial charge on any atom is 0.288 e. The van der Waals surface area contributed by atoms with Crippen molar-refractivity contribution in [2.45, 2.75) is 26.3 Å². The molecular weight excluding hydrogens is 381 g/mol. The number of aromatic nitrogens is 3. The summed E-state index contributed by atoms with van der Waals surface area (Å²) in [7, 11) is 0. The Hall–Kier alpha value is -2.81. The number of hydrogen-bond donors (Lipinski definition) is 1. The zero-order chi connectivity index (χ0) is 19.7. The van der Waals surface area contributed by atoms with Gasteiger partial charge in [0.2, 0.25) is 10.1 Å². The van der Waals surface area contributed by atoms with E-state index in [4.69, 9.17) is 0 Å². The van der Waals surface area contributed by atoms with Crippen LogP contribution in [0.15, 0.2) is 35.3 Å². The van der Waals surface area contributed by atoms with Crippen molar-refractivity contribution in [1.29, 1.82) is 0 Å². The maximum atomic E-state index is 13.7. The number of rotatable bonds is 4.